The fourth-order valence-electron chi connectivity index (χ4n) is 2.07. The quantitative estimate of drug-likeness (QED) is 0.891. The first-order valence-electron chi connectivity index (χ1n) is 6.44. The lowest BCUT2D eigenvalue weighted by molar-refractivity contribution is 0.414. The molecule has 0 aliphatic rings. The fourth-order valence-corrected chi connectivity index (χ4v) is 2.07. The van der Waals surface area contributed by atoms with Crippen molar-refractivity contribution in [1.82, 2.24) is 0 Å². The Bertz CT molecular complexity index is 492. The largest absolute Gasteiger partial charge is 0.497 e. The minimum absolute atomic E-state index is 0. The van der Waals surface area contributed by atoms with Gasteiger partial charge in [0.25, 0.3) is 0 Å². The lowest BCUT2D eigenvalue weighted by Crippen LogP contribution is -2.26. The van der Waals surface area contributed by atoms with Gasteiger partial charge in [-0.15, -0.1) is 12.4 Å². The fraction of sp³-hybridized carbons (Fsp3) is 0.250. The number of nitrogens with two attached hydrogens (primary N) is 2. The van der Waals surface area contributed by atoms with E-state index in [1.807, 2.05) is 48.5 Å². The van der Waals surface area contributed by atoms with E-state index in [-0.39, 0.29) is 24.5 Å². The van der Waals surface area contributed by atoms with Crippen molar-refractivity contribution < 1.29 is 9.47 Å². The third-order valence-electron chi connectivity index (χ3n) is 3.39. The van der Waals surface area contributed by atoms with E-state index in [0.29, 0.717) is 0 Å². The van der Waals surface area contributed by atoms with Crippen LogP contribution in [0, 0.1) is 0 Å². The van der Waals surface area contributed by atoms with Gasteiger partial charge in [0.2, 0.25) is 0 Å². The summed E-state index contributed by atoms with van der Waals surface area (Å²) in [6, 6.07) is 14.8. The maximum atomic E-state index is 6.24. The molecule has 2 rings (SSSR count). The van der Waals surface area contributed by atoms with Crippen LogP contribution < -0.4 is 20.9 Å². The zero-order valence-electron chi connectivity index (χ0n) is 12.2. The van der Waals surface area contributed by atoms with Gasteiger partial charge in [0.05, 0.1) is 14.2 Å². The number of rotatable bonds is 5. The molecule has 114 valence electrons. The van der Waals surface area contributed by atoms with Gasteiger partial charge >= 0.3 is 0 Å². The maximum absolute atomic E-state index is 6.24. The molecule has 2 aromatic carbocycles. The van der Waals surface area contributed by atoms with Crippen LogP contribution in [0.5, 0.6) is 11.5 Å². The Morgan fingerprint density at radius 3 is 1.19 bits per heavy atom. The van der Waals surface area contributed by atoms with Crippen LogP contribution in [0.15, 0.2) is 48.5 Å². The van der Waals surface area contributed by atoms with E-state index in [0.717, 1.165) is 22.6 Å². The van der Waals surface area contributed by atoms with Crippen molar-refractivity contribution in [1.29, 1.82) is 0 Å². The minimum Gasteiger partial charge on any atom is -0.497 e. The van der Waals surface area contributed by atoms with Crippen LogP contribution in [-0.4, -0.2) is 14.2 Å². The average molecular weight is 309 g/mol. The summed E-state index contributed by atoms with van der Waals surface area (Å²) >= 11 is 0. The molecule has 2 atom stereocenters. The summed E-state index contributed by atoms with van der Waals surface area (Å²) in [6.07, 6.45) is 0. The molecule has 0 heterocycles. The summed E-state index contributed by atoms with van der Waals surface area (Å²) in [5, 5.41) is 0. The highest BCUT2D eigenvalue weighted by molar-refractivity contribution is 5.85. The van der Waals surface area contributed by atoms with Gasteiger partial charge in [-0.1, -0.05) is 24.3 Å². The summed E-state index contributed by atoms with van der Waals surface area (Å²) in [6.45, 7) is 0. The van der Waals surface area contributed by atoms with E-state index >= 15 is 0 Å². The molecular weight excluding hydrogens is 288 g/mol. The van der Waals surface area contributed by atoms with Gasteiger partial charge < -0.3 is 20.9 Å². The number of halogens is 1. The van der Waals surface area contributed by atoms with Crippen molar-refractivity contribution in [3.8, 4) is 11.5 Å². The summed E-state index contributed by atoms with van der Waals surface area (Å²) in [5.74, 6) is 1.61. The van der Waals surface area contributed by atoms with Crippen LogP contribution in [0.3, 0.4) is 0 Å². The van der Waals surface area contributed by atoms with Gasteiger partial charge in [-0.3, -0.25) is 0 Å². The maximum Gasteiger partial charge on any atom is 0.118 e. The Labute approximate surface area is 131 Å². The first kappa shape index (κ1) is 17.3. The third kappa shape index (κ3) is 4.11. The van der Waals surface area contributed by atoms with Crippen molar-refractivity contribution >= 4 is 12.4 Å². The molecule has 0 aliphatic carbocycles. The topological polar surface area (TPSA) is 70.5 Å². The summed E-state index contributed by atoms with van der Waals surface area (Å²) in [4.78, 5) is 0. The molecule has 0 unspecified atom stereocenters. The van der Waals surface area contributed by atoms with Crippen molar-refractivity contribution in [3.63, 3.8) is 0 Å². The molecule has 0 amide bonds. The Balaban J connectivity index is 0.00000220. The molecule has 0 radical (unpaired) electrons. The Morgan fingerprint density at radius 2 is 0.952 bits per heavy atom. The minimum atomic E-state index is -0.269. The van der Waals surface area contributed by atoms with E-state index in [1.165, 1.54) is 0 Å². The zero-order valence-corrected chi connectivity index (χ0v) is 13.0. The van der Waals surface area contributed by atoms with Crippen molar-refractivity contribution in [2.75, 3.05) is 14.2 Å². The van der Waals surface area contributed by atoms with Crippen LogP contribution in [-0.2, 0) is 0 Å². The lowest BCUT2D eigenvalue weighted by atomic mass is 9.95. The molecule has 5 heteroatoms. The SMILES string of the molecule is COc1ccc([C@H](N)[C@@H](N)c2ccc(OC)cc2)cc1.Cl. The van der Waals surface area contributed by atoms with Gasteiger partial charge in [0.1, 0.15) is 11.5 Å². The lowest BCUT2D eigenvalue weighted by Gasteiger charge is -2.21. The highest BCUT2D eigenvalue weighted by atomic mass is 35.5. The molecule has 0 saturated carbocycles. The van der Waals surface area contributed by atoms with E-state index in [1.54, 1.807) is 14.2 Å². The summed E-state index contributed by atoms with van der Waals surface area (Å²) in [7, 11) is 3.27. The Hall–Kier alpha value is -1.75. The third-order valence-corrected chi connectivity index (χ3v) is 3.39. The van der Waals surface area contributed by atoms with Gasteiger partial charge in [-0.2, -0.15) is 0 Å². The number of ether oxygens (including phenoxy) is 2. The van der Waals surface area contributed by atoms with Gasteiger partial charge in [-0.05, 0) is 35.4 Å². The molecule has 0 aromatic heterocycles. The standard InChI is InChI=1S/C16H20N2O2.ClH/c1-19-13-7-3-11(4-8-13)15(17)16(18)12-5-9-14(20-2)10-6-12;/h3-10,15-16H,17-18H2,1-2H3;1H/t15-,16-;/m0./s1. The zero-order chi connectivity index (χ0) is 14.5. The van der Waals surface area contributed by atoms with E-state index in [4.69, 9.17) is 20.9 Å². The first-order chi connectivity index (χ1) is 9.65. The first-order valence-corrected chi connectivity index (χ1v) is 6.44. The summed E-state index contributed by atoms with van der Waals surface area (Å²) < 4.78 is 10.3. The predicted molar refractivity (Wildman–Crippen MR) is 87.1 cm³/mol. The van der Waals surface area contributed by atoms with Crippen molar-refractivity contribution in [2.45, 2.75) is 12.1 Å². The second kappa shape index (κ2) is 7.88. The van der Waals surface area contributed by atoms with Gasteiger partial charge in [0.15, 0.2) is 0 Å². The highest BCUT2D eigenvalue weighted by Gasteiger charge is 2.17. The molecule has 4 nitrogen and oxygen atoms in total. The normalized spacial score (nSPS) is 13.0. The Morgan fingerprint density at radius 1 is 0.667 bits per heavy atom. The van der Waals surface area contributed by atoms with Crippen LogP contribution in [0.1, 0.15) is 23.2 Å². The van der Waals surface area contributed by atoms with Crippen LogP contribution in [0.4, 0.5) is 0 Å². The van der Waals surface area contributed by atoms with Crippen molar-refractivity contribution in [3.05, 3.63) is 59.7 Å². The molecule has 4 N–H and O–H groups in total. The van der Waals surface area contributed by atoms with E-state index in [2.05, 4.69) is 0 Å². The number of methoxy groups -OCH3 is 2. The molecule has 0 bridgehead atoms. The predicted octanol–water partition coefficient (Wildman–Crippen LogP) is 2.83. The Kier molecular flexibility index (Phi) is 6.49. The number of hydrogen-bond acceptors (Lipinski definition) is 4. The molecule has 0 saturated heterocycles. The van der Waals surface area contributed by atoms with Crippen molar-refractivity contribution in [2.24, 2.45) is 11.5 Å². The highest BCUT2D eigenvalue weighted by Crippen LogP contribution is 2.27. The monoisotopic (exact) mass is 308 g/mol. The molecule has 2 aromatic rings. The average Bonchev–Trinajstić information content (AvgIpc) is 2.53. The van der Waals surface area contributed by atoms with Crippen LogP contribution in [0.25, 0.3) is 0 Å². The number of hydrogen-bond donors (Lipinski definition) is 2. The number of benzene rings is 2. The van der Waals surface area contributed by atoms with Crippen LogP contribution in [0.2, 0.25) is 0 Å². The molecular formula is C16H21ClN2O2. The van der Waals surface area contributed by atoms with Gasteiger partial charge in [-0.25, -0.2) is 0 Å². The smallest absolute Gasteiger partial charge is 0.118 e. The van der Waals surface area contributed by atoms with Gasteiger partial charge in [0, 0.05) is 12.1 Å². The second-order valence-corrected chi connectivity index (χ2v) is 4.60. The second-order valence-electron chi connectivity index (χ2n) is 4.60. The molecule has 0 fully saturated rings. The molecule has 0 aliphatic heterocycles. The van der Waals surface area contributed by atoms with Crippen LogP contribution >= 0.6 is 12.4 Å². The molecule has 21 heavy (non-hydrogen) atoms. The van der Waals surface area contributed by atoms with E-state index < -0.39 is 0 Å². The molecule has 0 spiro atoms. The van der Waals surface area contributed by atoms with E-state index in [9.17, 15) is 0 Å². The summed E-state index contributed by atoms with van der Waals surface area (Å²) in [5.41, 5.74) is 14.4.